The van der Waals surface area contributed by atoms with Gasteiger partial charge in [0, 0.05) is 23.3 Å². The number of aromatic nitrogens is 1. The Hall–Kier alpha value is -1.67. The molecule has 5 nitrogen and oxygen atoms in total. The lowest BCUT2D eigenvalue weighted by atomic mass is 10.2. The Morgan fingerprint density at radius 2 is 2.05 bits per heavy atom. The number of rotatable bonds is 4. The fourth-order valence-electron chi connectivity index (χ4n) is 1.73. The molecule has 1 heterocycles. The summed E-state index contributed by atoms with van der Waals surface area (Å²) in [4.78, 5) is 3.97. The maximum atomic E-state index is 13.5. The van der Waals surface area contributed by atoms with Crippen LogP contribution in [0.5, 0.6) is 0 Å². The van der Waals surface area contributed by atoms with Crippen molar-refractivity contribution < 1.29 is 12.8 Å². The van der Waals surface area contributed by atoms with Crippen LogP contribution in [-0.2, 0) is 10.0 Å². The summed E-state index contributed by atoms with van der Waals surface area (Å²) < 4.78 is 41.3. The number of hydrogen-bond acceptors (Lipinski definition) is 4. The fraction of sp³-hybridized carbons (Fsp3) is 0.154. The van der Waals surface area contributed by atoms with E-state index >= 15 is 0 Å². The van der Waals surface area contributed by atoms with Gasteiger partial charge in [0.2, 0.25) is 0 Å². The molecule has 0 unspecified atom stereocenters. The van der Waals surface area contributed by atoms with Crippen LogP contribution in [-0.4, -0.2) is 20.4 Å². The second-order valence-corrected chi connectivity index (χ2v) is 6.83. The molecule has 1 aromatic carbocycles. The van der Waals surface area contributed by atoms with E-state index in [0.717, 1.165) is 0 Å². The van der Waals surface area contributed by atoms with E-state index in [2.05, 4.69) is 31.0 Å². The van der Waals surface area contributed by atoms with Crippen LogP contribution < -0.4 is 10.0 Å². The second-order valence-electron chi connectivity index (χ2n) is 4.27. The quantitative estimate of drug-likeness (QED) is 0.863. The number of sulfonamides is 1. The number of nitrogens with one attached hydrogen (secondary N) is 2. The lowest BCUT2D eigenvalue weighted by molar-refractivity contribution is 0.600. The molecule has 0 bridgehead atoms. The largest absolute Gasteiger partial charge is 0.372 e. The highest BCUT2D eigenvalue weighted by Crippen LogP contribution is 2.26. The minimum atomic E-state index is -3.89. The molecule has 0 atom stereocenters. The molecule has 0 saturated carbocycles. The topological polar surface area (TPSA) is 71.1 Å². The molecule has 21 heavy (non-hydrogen) atoms. The van der Waals surface area contributed by atoms with Gasteiger partial charge >= 0.3 is 0 Å². The first-order chi connectivity index (χ1) is 9.85. The van der Waals surface area contributed by atoms with Crippen molar-refractivity contribution >= 4 is 37.5 Å². The molecule has 0 aliphatic carbocycles. The summed E-state index contributed by atoms with van der Waals surface area (Å²) in [5, 5.41) is 2.72. The average molecular weight is 374 g/mol. The van der Waals surface area contributed by atoms with E-state index in [1.807, 2.05) is 0 Å². The van der Waals surface area contributed by atoms with Gasteiger partial charge in [0.25, 0.3) is 10.0 Å². The summed E-state index contributed by atoms with van der Waals surface area (Å²) in [6.07, 6.45) is 1.48. The molecule has 8 heteroatoms. The summed E-state index contributed by atoms with van der Waals surface area (Å²) in [7, 11) is -2.32. The third-order valence-corrected chi connectivity index (χ3v) is 4.67. The number of nitrogens with zero attached hydrogens (tertiary/aromatic N) is 1. The van der Waals surface area contributed by atoms with Crippen molar-refractivity contribution in [3.63, 3.8) is 0 Å². The van der Waals surface area contributed by atoms with E-state index in [1.165, 1.54) is 37.4 Å². The fourth-order valence-corrected chi connectivity index (χ4v) is 3.53. The lowest BCUT2D eigenvalue weighted by Gasteiger charge is -2.13. The Kier molecular flexibility index (Phi) is 4.48. The highest BCUT2D eigenvalue weighted by molar-refractivity contribution is 9.10. The van der Waals surface area contributed by atoms with Gasteiger partial charge in [0.05, 0.1) is 5.69 Å². The molecule has 2 aromatic rings. The summed E-state index contributed by atoms with van der Waals surface area (Å²) in [6.45, 7) is 1.51. The zero-order valence-corrected chi connectivity index (χ0v) is 13.7. The van der Waals surface area contributed by atoms with Gasteiger partial charge in [-0.25, -0.2) is 17.8 Å². The minimum Gasteiger partial charge on any atom is -0.372 e. The van der Waals surface area contributed by atoms with Gasteiger partial charge in [-0.15, -0.1) is 0 Å². The van der Waals surface area contributed by atoms with Crippen LogP contribution in [0.25, 0.3) is 0 Å². The molecule has 0 fully saturated rings. The molecule has 0 spiro atoms. The van der Waals surface area contributed by atoms with E-state index in [0.29, 0.717) is 4.47 Å². The van der Waals surface area contributed by atoms with Crippen molar-refractivity contribution in [3.05, 3.63) is 46.3 Å². The highest BCUT2D eigenvalue weighted by atomic mass is 79.9. The summed E-state index contributed by atoms with van der Waals surface area (Å²) in [5.41, 5.74) is 0.423. The number of halogens is 2. The standard InChI is InChI=1S/C13H13BrFN3O2S/c1-8-10(15)4-3-5-11(8)18-21(19,20)12-6-9(14)7-17-13(12)16-2/h3-7,18H,1-2H3,(H,16,17). The van der Waals surface area contributed by atoms with E-state index < -0.39 is 15.8 Å². The molecule has 0 aliphatic heterocycles. The molecule has 2 N–H and O–H groups in total. The zero-order chi connectivity index (χ0) is 15.6. The van der Waals surface area contributed by atoms with Crippen molar-refractivity contribution in [3.8, 4) is 0 Å². The molecule has 1 aromatic heterocycles. The van der Waals surface area contributed by atoms with Gasteiger partial charge in [-0.3, -0.25) is 4.72 Å². The molecular formula is C13H13BrFN3O2S. The first-order valence-electron chi connectivity index (χ1n) is 5.96. The van der Waals surface area contributed by atoms with Gasteiger partial charge in [0.15, 0.2) is 0 Å². The monoisotopic (exact) mass is 373 g/mol. The Balaban J connectivity index is 2.48. The van der Waals surface area contributed by atoms with Gasteiger partial charge < -0.3 is 5.32 Å². The Morgan fingerprint density at radius 3 is 2.71 bits per heavy atom. The number of anilines is 2. The van der Waals surface area contributed by atoms with Crippen LogP contribution in [0.2, 0.25) is 0 Å². The van der Waals surface area contributed by atoms with Crippen molar-refractivity contribution in [1.29, 1.82) is 0 Å². The normalized spacial score (nSPS) is 11.2. The predicted molar refractivity (Wildman–Crippen MR) is 83.4 cm³/mol. The van der Waals surface area contributed by atoms with Crippen molar-refractivity contribution in [2.24, 2.45) is 0 Å². The van der Waals surface area contributed by atoms with Crippen LogP contribution in [0, 0.1) is 12.7 Å². The highest BCUT2D eigenvalue weighted by Gasteiger charge is 2.21. The van der Waals surface area contributed by atoms with Crippen LogP contribution >= 0.6 is 15.9 Å². The van der Waals surface area contributed by atoms with Crippen LogP contribution in [0.4, 0.5) is 15.9 Å². The average Bonchev–Trinajstić information content (AvgIpc) is 2.44. The van der Waals surface area contributed by atoms with Gasteiger partial charge in [0.1, 0.15) is 16.5 Å². The predicted octanol–water partition coefficient (Wildman–Crippen LogP) is 3.13. The molecular weight excluding hydrogens is 361 g/mol. The lowest BCUT2D eigenvalue weighted by Crippen LogP contribution is -2.16. The van der Waals surface area contributed by atoms with Crippen LogP contribution in [0.1, 0.15) is 5.56 Å². The Morgan fingerprint density at radius 1 is 1.33 bits per heavy atom. The first-order valence-corrected chi connectivity index (χ1v) is 8.24. The molecule has 2 rings (SSSR count). The van der Waals surface area contributed by atoms with Gasteiger partial charge in [-0.2, -0.15) is 0 Å². The van der Waals surface area contributed by atoms with Crippen molar-refractivity contribution in [2.45, 2.75) is 11.8 Å². The summed E-state index contributed by atoms with van der Waals surface area (Å²) in [5.74, 6) is -0.267. The second kappa shape index (κ2) is 5.98. The maximum absolute atomic E-state index is 13.5. The van der Waals surface area contributed by atoms with E-state index in [-0.39, 0.29) is 22.0 Å². The summed E-state index contributed by atoms with van der Waals surface area (Å²) in [6, 6.07) is 5.64. The van der Waals surface area contributed by atoms with Crippen molar-refractivity contribution in [1.82, 2.24) is 4.98 Å². The van der Waals surface area contributed by atoms with E-state index in [1.54, 1.807) is 7.05 Å². The Labute approximate surface area is 130 Å². The summed E-state index contributed by atoms with van der Waals surface area (Å²) >= 11 is 3.19. The maximum Gasteiger partial charge on any atom is 0.265 e. The Bertz CT molecular complexity index is 781. The molecule has 0 saturated heterocycles. The molecule has 112 valence electrons. The number of hydrogen-bond donors (Lipinski definition) is 2. The first kappa shape index (κ1) is 15.7. The zero-order valence-electron chi connectivity index (χ0n) is 11.3. The van der Waals surface area contributed by atoms with Crippen molar-refractivity contribution in [2.75, 3.05) is 17.1 Å². The number of benzene rings is 1. The molecule has 0 amide bonds. The van der Waals surface area contributed by atoms with E-state index in [4.69, 9.17) is 0 Å². The van der Waals surface area contributed by atoms with Crippen LogP contribution in [0.3, 0.4) is 0 Å². The SMILES string of the molecule is CNc1ncc(Br)cc1S(=O)(=O)Nc1cccc(F)c1C. The van der Waals surface area contributed by atoms with Gasteiger partial charge in [-0.1, -0.05) is 6.07 Å². The molecule has 0 radical (unpaired) electrons. The van der Waals surface area contributed by atoms with Gasteiger partial charge in [-0.05, 0) is 41.1 Å². The number of pyridine rings is 1. The third-order valence-electron chi connectivity index (χ3n) is 2.86. The minimum absolute atomic E-state index is 0.0250. The van der Waals surface area contributed by atoms with Crippen LogP contribution in [0.15, 0.2) is 39.8 Å². The smallest absolute Gasteiger partial charge is 0.265 e. The molecule has 0 aliphatic rings. The van der Waals surface area contributed by atoms with E-state index in [9.17, 15) is 12.8 Å². The third kappa shape index (κ3) is 3.33.